The number of hydrogen-bond acceptors (Lipinski definition) is 7. The van der Waals surface area contributed by atoms with E-state index >= 15 is 0 Å². The molecule has 1 amide bonds. The summed E-state index contributed by atoms with van der Waals surface area (Å²) < 4.78 is 16.4. The molecule has 152 valence electrons. The van der Waals surface area contributed by atoms with Gasteiger partial charge in [-0.1, -0.05) is 36.1 Å². The molecule has 0 spiro atoms. The number of hydrogen-bond donors (Lipinski definition) is 0. The van der Waals surface area contributed by atoms with Crippen molar-refractivity contribution in [2.75, 3.05) is 26.9 Å². The van der Waals surface area contributed by atoms with Crippen molar-refractivity contribution < 1.29 is 23.5 Å². The molecule has 1 aliphatic heterocycles. The van der Waals surface area contributed by atoms with Crippen LogP contribution in [0.25, 0.3) is 17.4 Å². The number of methoxy groups -OCH3 is 1. The Balaban J connectivity index is 1.71. The normalized spacial score (nSPS) is 15.4. The minimum atomic E-state index is -0.355. The van der Waals surface area contributed by atoms with E-state index in [0.29, 0.717) is 46.1 Å². The van der Waals surface area contributed by atoms with Crippen LogP contribution in [0.3, 0.4) is 0 Å². The molecular weight excluding hydrogens is 410 g/mol. The molecule has 3 rings (SSSR count). The van der Waals surface area contributed by atoms with E-state index in [1.54, 1.807) is 55.3 Å². The van der Waals surface area contributed by atoms with Gasteiger partial charge in [-0.25, -0.2) is 4.79 Å². The van der Waals surface area contributed by atoms with Gasteiger partial charge in [0.05, 0.1) is 17.1 Å². The Morgan fingerprint density at radius 3 is 2.69 bits per heavy atom. The number of benzene rings is 1. The summed E-state index contributed by atoms with van der Waals surface area (Å²) in [5.41, 5.74) is 1.31. The summed E-state index contributed by atoms with van der Waals surface area (Å²) in [6.45, 7) is 3.21. The number of carbonyl (C=O) groups is 2. The molecule has 1 fully saturated rings. The lowest BCUT2D eigenvalue weighted by molar-refractivity contribution is -0.122. The van der Waals surface area contributed by atoms with Crippen molar-refractivity contribution in [1.82, 2.24) is 4.90 Å². The number of nitrogens with zero attached hydrogens (tertiary/aromatic N) is 1. The van der Waals surface area contributed by atoms with Gasteiger partial charge >= 0.3 is 5.97 Å². The van der Waals surface area contributed by atoms with Gasteiger partial charge in [0.1, 0.15) is 15.8 Å². The minimum absolute atomic E-state index is 0.118. The van der Waals surface area contributed by atoms with Crippen LogP contribution in [0, 0.1) is 0 Å². The van der Waals surface area contributed by atoms with Crippen LogP contribution in [0.4, 0.5) is 0 Å². The highest BCUT2D eigenvalue weighted by Gasteiger charge is 2.31. The van der Waals surface area contributed by atoms with Crippen LogP contribution < -0.4 is 0 Å². The number of amides is 1. The quantitative estimate of drug-likeness (QED) is 0.266. The lowest BCUT2D eigenvalue weighted by atomic mass is 10.1. The highest BCUT2D eigenvalue weighted by atomic mass is 32.2. The number of furan rings is 1. The van der Waals surface area contributed by atoms with E-state index in [1.807, 2.05) is 6.07 Å². The summed E-state index contributed by atoms with van der Waals surface area (Å²) in [7, 11) is 1.63. The highest BCUT2D eigenvalue weighted by molar-refractivity contribution is 8.26. The van der Waals surface area contributed by atoms with Crippen molar-refractivity contribution in [3.05, 3.63) is 52.6 Å². The molecular formula is C21H21NO5S2. The second kappa shape index (κ2) is 9.87. The van der Waals surface area contributed by atoms with Crippen molar-refractivity contribution in [3.8, 4) is 11.3 Å². The van der Waals surface area contributed by atoms with Gasteiger partial charge in [0.15, 0.2) is 0 Å². The summed E-state index contributed by atoms with van der Waals surface area (Å²) in [6.07, 6.45) is 2.43. The Hall–Kier alpha value is -2.42. The summed E-state index contributed by atoms with van der Waals surface area (Å²) in [4.78, 5) is 26.4. The van der Waals surface area contributed by atoms with Crippen molar-refractivity contribution in [2.24, 2.45) is 0 Å². The van der Waals surface area contributed by atoms with E-state index in [2.05, 4.69) is 0 Å². The van der Waals surface area contributed by atoms with Crippen molar-refractivity contribution in [3.63, 3.8) is 0 Å². The fourth-order valence-electron chi connectivity index (χ4n) is 2.76. The summed E-state index contributed by atoms with van der Waals surface area (Å²) >= 11 is 6.58. The summed E-state index contributed by atoms with van der Waals surface area (Å²) in [5, 5.41) is 0. The lowest BCUT2D eigenvalue weighted by Gasteiger charge is -2.13. The van der Waals surface area contributed by atoms with Crippen molar-refractivity contribution in [2.45, 2.75) is 13.3 Å². The second-order valence-electron chi connectivity index (χ2n) is 6.18. The third-order valence-electron chi connectivity index (χ3n) is 4.18. The predicted octanol–water partition coefficient (Wildman–Crippen LogP) is 4.36. The van der Waals surface area contributed by atoms with E-state index < -0.39 is 0 Å². The van der Waals surface area contributed by atoms with E-state index in [1.165, 1.54) is 11.8 Å². The first-order chi connectivity index (χ1) is 14.0. The Bertz CT molecular complexity index is 933. The smallest absolute Gasteiger partial charge is 0.338 e. The minimum Gasteiger partial charge on any atom is -0.462 e. The molecule has 0 radical (unpaired) electrons. The molecule has 0 saturated carbocycles. The maximum Gasteiger partial charge on any atom is 0.338 e. The van der Waals surface area contributed by atoms with Crippen LogP contribution in [-0.2, 0) is 14.3 Å². The topological polar surface area (TPSA) is 69.0 Å². The van der Waals surface area contributed by atoms with E-state index in [-0.39, 0.29) is 11.9 Å². The van der Waals surface area contributed by atoms with Crippen LogP contribution in [0.5, 0.6) is 0 Å². The molecule has 2 heterocycles. The SMILES string of the molecule is CCOC(=O)c1ccc(-c2ccc(C=C3SC(=S)N(CCCOC)C3=O)o2)cc1. The standard InChI is InChI=1S/C21H21NO5S2/c1-3-26-20(24)15-7-5-14(6-8-15)17-10-9-16(27-17)13-18-19(23)22(21(28)29-18)11-4-12-25-2/h5-10,13H,3-4,11-12H2,1-2H3. The molecule has 0 bridgehead atoms. The van der Waals surface area contributed by atoms with Gasteiger partial charge in [-0.3, -0.25) is 9.69 Å². The largest absolute Gasteiger partial charge is 0.462 e. The van der Waals surface area contributed by atoms with Gasteiger partial charge in [0.2, 0.25) is 0 Å². The average molecular weight is 432 g/mol. The Kier molecular flexibility index (Phi) is 7.24. The second-order valence-corrected chi connectivity index (χ2v) is 7.86. The van der Waals surface area contributed by atoms with Gasteiger partial charge in [-0.05, 0) is 37.6 Å². The third kappa shape index (κ3) is 5.14. The maximum absolute atomic E-state index is 12.6. The van der Waals surface area contributed by atoms with Crippen molar-refractivity contribution in [1.29, 1.82) is 0 Å². The van der Waals surface area contributed by atoms with E-state index in [4.69, 9.17) is 26.1 Å². The molecule has 1 saturated heterocycles. The van der Waals surface area contributed by atoms with Gasteiger partial charge in [0, 0.05) is 31.9 Å². The van der Waals surface area contributed by atoms with Gasteiger partial charge in [-0.15, -0.1) is 0 Å². The lowest BCUT2D eigenvalue weighted by Crippen LogP contribution is -2.29. The molecule has 0 atom stereocenters. The predicted molar refractivity (Wildman–Crippen MR) is 116 cm³/mol. The van der Waals surface area contributed by atoms with Crippen molar-refractivity contribution >= 4 is 46.3 Å². The van der Waals surface area contributed by atoms with Crippen LogP contribution in [0.1, 0.15) is 29.5 Å². The fourth-order valence-corrected chi connectivity index (χ4v) is 4.05. The first-order valence-electron chi connectivity index (χ1n) is 9.15. The van der Waals surface area contributed by atoms with Gasteiger partial charge in [0.25, 0.3) is 5.91 Å². The molecule has 6 nitrogen and oxygen atoms in total. The van der Waals surface area contributed by atoms with E-state index in [0.717, 1.165) is 12.0 Å². The Morgan fingerprint density at radius 1 is 1.24 bits per heavy atom. The van der Waals surface area contributed by atoms with Gasteiger partial charge in [-0.2, -0.15) is 0 Å². The highest BCUT2D eigenvalue weighted by Crippen LogP contribution is 2.33. The maximum atomic E-state index is 12.6. The summed E-state index contributed by atoms with van der Waals surface area (Å²) in [6, 6.07) is 10.6. The molecule has 0 aliphatic carbocycles. The molecule has 0 unspecified atom stereocenters. The van der Waals surface area contributed by atoms with E-state index in [9.17, 15) is 9.59 Å². The zero-order valence-corrected chi connectivity index (χ0v) is 17.8. The number of thiocarbonyl (C=S) groups is 1. The first kappa shape index (κ1) is 21.3. The number of thioether (sulfide) groups is 1. The number of ether oxygens (including phenoxy) is 2. The molecule has 2 aromatic rings. The Labute approximate surface area is 178 Å². The average Bonchev–Trinajstić information content (AvgIpc) is 3.28. The van der Waals surface area contributed by atoms with Gasteiger partial charge < -0.3 is 13.9 Å². The number of esters is 1. The number of rotatable bonds is 8. The van der Waals surface area contributed by atoms with Crippen LogP contribution in [0.15, 0.2) is 45.7 Å². The fraction of sp³-hybridized carbons (Fsp3) is 0.286. The molecule has 1 aromatic heterocycles. The molecule has 1 aromatic carbocycles. The van der Waals surface area contributed by atoms with Crippen LogP contribution in [-0.4, -0.2) is 48.0 Å². The molecule has 8 heteroatoms. The number of carbonyl (C=O) groups excluding carboxylic acids is 2. The molecule has 29 heavy (non-hydrogen) atoms. The zero-order chi connectivity index (χ0) is 20.8. The molecule has 1 aliphatic rings. The zero-order valence-electron chi connectivity index (χ0n) is 16.2. The Morgan fingerprint density at radius 2 is 2.00 bits per heavy atom. The van der Waals surface area contributed by atoms with Crippen LogP contribution in [0.2, 0.25) is 0 Å². The third-order valence-corrected chi connectivity index (χ3v) is 5.56. The first-order valence-corrected chi connectivity index (χ1v) is 10.4. The molecule has 0 N–H and O–H groups in total. The van der Waals surface area contributed by atoms with Crippen LogP contribution >= 0.6 is 24.0 Å². The monoisotopic (exact) mass is 431 g/mol. The summed E-state index contributed by atoms with van der Waals surface area (Å²) in [5.74, 6) is 0.730.